The Bertz CT molecular complexity index is 772. The van der Waals surface area contributed by atoms with Crippen molar-refractivity contribution in [2.75, 3.05) is 29.4 Å². The van der Waals surface area contributed by atoms with E-state index in [0.717, 1.165) is 18.8 Å². The summed E-state index contributed by atoms with van der Waals surface area (Å²) in [4.78, 5) is 50.3. The zero-order valence-electron chi connectivity index (χ0n) is 15.3. The molecular formula is C19H23N3O6. The van der Waals surface area contributed by atoms with Crippen molar-refractivity contribution < 1.29 is 29.4 Å². The van der Waals surface area contributed by atoms with E-state index >= 15 is 0 Å². The molecule has 2 aliphatic heterocycles. The third kappa shape index (κ3) is 4.41. The molecule has 9 heteroatoms. The molecule has 2 aliphatic rings. The molecule has 9 nitrogen and oxygen atoms in total. The van der Waals surface area contributed by atoms with Gasteiger partial charge in [0.05, 0.1) is 12.3 Å². The van der Waals surface area contributed by atoms with Crippen molar-refractivity contribution in [2.24, 2.45) is 5.92 Å². The molecule has 0 aliphatic carbocycles. The highest BCUT2D eigenvalue weighted by atomic mass is 16.4. The Hall–Kier alpha value is -3.10. The minimum absolute atomic E-state index is 0.0425. The monoisotopic (exact) mass is 389 g/mol. The molecule has 0 spiro atoms. The first-order valence-electron chi connectivity index (χ1n) is 9.25. The van der Waals surface area contributed by atoms with Crippen LogP contribution in [0.1, 0.15) is 25.7 Å². The fraction of sp³-hybridized carbons (Fsp3) is 0.474. The molecule has 3 rings (SSSR count). The second-order valence-electron chi connectivity index (χ2n) is 7.11. The van der Waals surface area contributed by atoms with E-state index in [1.54, 1.807) is 0 Å². The van der Waals surface area contributed by atoms with E-state index in [4.69, 9.17) is 10.2 Å². The molecule has 1 aromatic carbocycles. The zero-order valence-corrected chi connectivity index (χ0v) is 15.3. The summed E-state index contributed by atoms with van der Waals surface area (Å²) >= 11 is 0. The number of nitrogens with zero attached hydrogens (tertiary/aromatic N) is 2. The van der Waals surface area contributed by atoms with E-state index in [-0.39, 0.29) is 18.9 Å². The summed E-state index contributed by atoms with van der Waals surface area (Å²) in [6, 6.07) is 6.07. The van der Waals surface area contributed by atoms with Crippen LogP contribution in [0.25, 0.3) is 0 Å². The smallest absolute Gasteiger partial charge is 0.326 e. The molecule has 0 bridgehead atoms. The number of anilines is 2. The Labute approximate surface area is 161 Å². The Morgan fingerprint density at radius 2 is 1.68 bits per heavy atom. The topological polar surface area (TPSA) is 127 Å². The van der Waals surface area contributed by atoms with Crippen LogP contribution < -0.4 is 15.1 Å². The van der Waals surface area contributed by atoms with Gasteiger partial charge < -0.3 is 25.3 Å². The number of carboxylic acids is 2. The number of benzene rings is 1. The summed E-state index contributed by atoms with van der Waals surface area (Å²) in [5.41, 5.74) is 1.78. The van der Waals surface area contributed by atoms with Gasteiger partial charge in [0.25, 0.3) is 0 Å². The second kappa shape index (κ2) is 8.28. The van der Waals surface area contributed by atoms with E-state index in [9.17, 15) is 19.2 Å². The number of carbonyl (C=O) groups excluding carboxylic acids is 2. The highest BCUT2D eigenvalue weighted by Gasteiger charge is 2.37. The van der Waals surface area contributed by atoms with Crippen molar-refractivity contribution in [1.82, 2.24) is 5.32 Å². The van der Waals surface area contributed by atoms with Gasteiger partial charge in [0.2, 0.25) is 11.8 Å². The maximum absolute atomic E-state index is 12.4. The van der Waals surface area contributed by atoms with Crippen molar-refractivity contribution in [3.05, 3.63) is 24.3 Å². The quantitative estimate of drug-likeness (QED) is 0.626. The van der Waals surface area contributed by atoms with Crippen LogP contribution >= 0.6 is 0 Å². The number of aliphatic carboxylic acids is 2. The summed E-state index contributed by atoms with van der Waals surface area (Å²) in [5, 5.41) is 20.0. The molecule has 28 heavy (non-hydrogen) atoms. The lowest BCUT2D eigenvalue weighted by atomic mass is 10.1. The van der Waals surface area contributed by atoms with Crippen LogP contribution in [0.5, 0.6) is 0 Å². The summed E-state index contributed by atoms with van der Waals surface area (Å²) < 4.78 is 0. The van der Waals surface area contributed by atoms with Gasteiger partial charge in [0.1, 0.15) is 6.04 Å². The molecule has 2 atom stereocenters. The number of nitrogens with one attached hydrogen (secondary N) is 1. The first-order chi connectivity index (χ1) is 13.3. The highest BCUT2D eigenvalue weighted by molar-refractivity contribution is 6.01. The van der Waals surface area contributed by atoms with Crippen LogP contribution in [0.2, 0.25) is 0 Å². The van der Waals surface area contributed by atoms with Gasteiger partial charge in [-0.3, -0.25) is 14.4 Å². The summed E-state index contributed by atoms with van der Waals surface area (Å²) in [6.07, 6.45) is 1.58. The minimum Gasteiger partial charge on any atom is -0.481 e. The summed E-state index contributed by atoms with van der Waals surface area (Å²) in [5.74, 6) is -4.32. The predicted octanol–water partition coefficient (Wildman–Crippen LogP) is 0.684. The first-order valence-corrected chi connectivity index (χ1v) is 9.25. The van der Waals surface area contributed by atoms with Crippen molar-refractivity contribution in [3.63, 3.8) is 0 Å². The van der Waals surface area contributed by atoms with Crippen molar-refractivity contribution >= 4 is 35.1 Å². The van der Waals surface area contributed by atoms with E-state index in [1.807, 2.05) is 24.3 Å². The van der Waals surface area contributed by atoms with E-state index < -0.39 is 36.2 Å². The van der Waals surface area contributed by atoms with E-state index in [2.05, 4.69) is 10.2 Å². The fourth-order valence-corrected chi connectivity index (χ4v) is 3.62. The summed E-state index contributed by atoms with van der Waals surface area (Å²) in [7, 11) is 0. The molecule has 2 fully saturated rings. The molecule has 2 amide bonds. The lowest BCUT2D eigenvalue weighted by Gasteiger charge is -2.21. The van der Waals surface area contributed by atoms with Crippen LogP contribution in [0.4, 0.5) is 11.4 Å². The number of hydrogen-bond donors (Lipinski definition) is 3. The van der Waals surface area contributed by atoms with Gasteiger partial charge in [-0.25, -0.2) is 4.79 Å². The Balaban J connectivity index is 1.63. The lowest BCUT2D eigenvalue weighted by Crippen LogP contribution is -2.45. The SMILES string of the molecule is O=C(O)CC(NC(=O)C1CC(=O)N(c2ccc(N3CCCC3)cc2)C1)C(=O)O. The van der Waals surface area contributed by atoms with Crippen molar-refractivity contribution in [2.45, 2.75) is 31.7 Å². The van der Waals surface area contributed by atoms with Gasteiger partial charge in [0, 0.05) is 37.4 Å². The Morgan fingerprint density at radius 3 is 2.25 bits per heavy atom. The molecule has 2 heterocycles. The van der Waals surface area contributed by atoms with Crippen molar-refractivity contribution in [1.29, 1.82) is 0 Å². The van der Waals surface area contributed by atoms with Crippen LogP contribution in [-0.2, 0) is 19.2 Å². The third-order valence-corrected chi connectivity index (χ3v) is 5.12. The normalized spacial score (nSPS) is 20.3. The minimum atomic E-state index is -1.52. The van der Waals surface area contributed by atoms with Gasteiger partial charge in [-0.05, 0) is 37.1 Å². The van der Waals surface area contributed by atoms with Crippen LogP contribution in [0.3, 0.4) is 0 Å². The summed E-state index contributed by atoms with van der Waals surface area (Å²) in [6.45, 7) is 2.17. The van der Waals surface area contributed by atoms with Gasteiger partial charge in [-0.15, -0.1) is 0 Å². The molecule has 2 saturated heterocycles. The van der Waals surface area contributed by atoms with Gasteiger partial charge in [-0.2, -0.15) is 0 Å². The van der Waals surface area contributed by atoms with Gasteiger partial charge in [-0.1, -0.05) is 0 Å². The number of amides is 2. The highest BCUT2D eigenvalue weighted by Crippen LogP contribution is 2.28. The molecule has 0 saturated carbocycles. The largest absolute Gasteiger partial charge is 0.481 e. The molecule has 0 aromatic heterocycles. The number of rotatable bonds is 7. The molecule has 2 unspecified atom stereocenters. The molecule has 1 aromatic rings. The first kappa shape index (κ1) is 19.7. The van der Waals surface area contributed by atoms with Crippen LogP contribution in [0.15, 0.2) is 24.3 Å². The second-order valence-corrected chi connectivity index (χ2v) is 7.11. The molecule has 0 radical (unpaired) electrons. The van der Waals surface area contributed by atoms with Crippen LogP contribution in [-0.4, -0.2) is 59.6 Å². The average Bonchev–Trinajstić information content (AvgIpc) is 3.30. The van der Waals surface area contributed by atoms with Crippen LogP contribution in [0, 0.1) is 5.92 Å². The van der Waals surface area contributed by atoms with E-state index in [1.165, 1.54) is 17.7 Å². The number of carboxylic acid groups (broad SMARTS) is 2. The molecule has 150 valence electrons. The van der Waals surface area contributed by atoms with Gasteiger partial charge in [0.15, 0.2) is 0 Å². The standard InChI is InChI=1S/C19H23N3O6/c23-16-9-12(18(26)20-15(19(27)28)10-17(24)25)11-22(16)14-5-3-13(4-6-14)21-7-1-2-8-21/h3-6,12,15H,1-2,7-11H2,(H,20,26)(H,24,25)(H,27,28). The Morgan fingerprint density at radius 1 is 1.07 bits per heavy atom. The maximum atomic E-state index is 12.4. The third-order valence-electron chi connectivity index (χ3n) is 5.12. The van der Waals surface area contributed by atoms with E-state index in [0.29, 0.717) is 5.69 Å². The molecular weight excluding hydrogens is 366 g/mol. The van der Waals surface area contributed by atoms with Gasteiger partial charge >= 0.3 is 11.9 Å². The average molecular weight is 389 g/mol. The predicted molar refractivity (Wildman–Crippen MR) is 100 cm³/mol. The Kier molecular flexibility index (Phi) is 5.81. The van der Waals surface area contributed by atoms with Crippen molar-refractivity contribution in [3.8, 4) is 0 Å². The fourth-order valence-electron chi connectivity index (χ4n) is 3.62. The maximum Gasteiger partial charge on any atom is 0.326 e. The number of hydrogen-bond acceptors (Lipinski definition) is 5. The molecule has 3 N–H and O–H groups in total. The zero-order chi connectivity index (χ0) is 20.3. The number of carbonyl (C=O) groups is 4. The lowest BCUT2D eigenvalue weighted by molar-refractivity contribution is -0.147.